The van der Waals surface area contributed by atoms with Crippen molar-refractivity contribution in [3.05, 3.63) is 82.6 Å². The Bertz CT molecular complexity index is 931. The van der Waals surface area contributed by atoms with E-state index in [9.17, 15) is 9.59 Å². The summed E-state index contributed by atoms with van der Waals surface area (Å²) in [5.74, 6) is 0.00825. The summed E-state index contributed by atoms with van der Waals surface area (Å²) in [5, 5.41) is 7.13. The minimum absolute atomic E-state index is 0.00825. The standard InChI is InChI=1S/C21H21N3O2/c1-24-21(26)15-14-19(23-24)17-10-12-18(13-11-17)22-20(25)9-5-8-16-6-3-2-4-7-16/h2-4,6-7,10-15H,5,8-9H2,1H3,(H,22,25). The molecule has 1 heterocycles. The fraction of sp³-hybridized carbons (Fsp3) is 0.190. The summed E-state index contributed by atoms with van der Waals surface area (Å²) in [7, 11) is 1.62. The summed E-state index contributed by atoms with van der Waals surface area (Å²) in [4.78, 5) is 23.5. The Morgan fingerprint density at radius 2 is 1.73 bits per heavy atom. The smallest absolute Gasteiger partial charge is 0.266 e. The molecule has 0 atom stereocenters. The average Bonchev–Trinajstić information content (AvgIpc) is 2.65. The number of nitrogens with zero attached hydrogens (tertiary/aromatic N) is 2. The largest absolute Gasteiger partial charge is 0.326 e. The first kappa shape index (κ1) is 17.6. The zero-order valence-corrected chi connectivity index (χ0v) is 14.7. The average molecular weight is 347 g/mol. The number of aromatic nitrogens is 2. The summed E-state index contributed by atoms with van der Waals surface area (Å²) in [6.45, 7) is 0. The molecular formula is C21H21N3O2. The van der Waals surface area contributed by atoms with Crippen LogP contribution in [0, 0.1) is 0 Å². The number of benzene rings is 2. The van der Waals surface area contributed by atoms with Gasteiger partial charge in [-0.25, -0.2) is 4.68 Å². The molecule has 5 heteroatoms. The summed E-state index contributed by atoms with van der Waals surface area (Å²) >= 11 is 0. The molecule has 0 unspecified atom stereocenters. The van der Waals surface area contributed by atoms with Crippen molar-refractivity contribution < 1.29 is 4.79 Å². The molecule has 0 aliphatic heterocycles. The Morgan fingerprint density at radius 1 is 1.00 bits per heavy atom. The molecule has 2 aromatic carbocycles. The minimum Gasteiger partial charge on any atom is -0.326 e. The molecule has 0 aliphatic rings. The highest BCUT2D eigenvalue weighted by atomic mass is 16.1. The number of carbonyl (C=O) groups is 1. The van der Waals surface area contributed by atoms with Crippen LogP contribution in [0.4, 0.5) is 5.69 Å². The summed E-state index contributed by atoms with van der Waals surface area (Å²) in [6, 6.07) is 20.8. The first-order valence-corrected chi connectivity index (χ1v) is 8.60. The van der Waals surface area contributed by atoms with Gasteiger partial charge in [0.15, 0.2) is 0 Å². The van der Waals surface area contributed by atoms with Crippen LogP contribution in [0.25, 0.3) is 11.3 Å². The molecule has 3 rings (SSSR count). The van der Waals surface area contributed by atoms with E-state index in [0.717, 1.165) is 24.1 Å². The second-order valence-electron chi connectivity index (χ2n) is 6.15. The van der Waals surface area contributed by atoms with Gasteiger partial charge in [0, 0.05) is 30.8 Å². The van der Waals surface area contributed by atoms with Crippen molar-refractivity contribution in [3.8, 4) is 11.3 Å². The van der Waals surface area contributed by atoms with Gasteiger partial charge in [0.2, 0.25) is 5.91 Å². The molecular weight excluding hydrogens is 326 g/mol. The van der Waals surface area contributed by atoms with Crippen LogP contribution < -0.4 is 10.9 Å². The number of hydrogen-bond acceptors (Lipinski definition) is 3. The van der Waals surface area contributed by atoms with Crippen molar-refractivity contribution in [2.75, 3.05) is 5.32 Å². The normalized spacial score (nSPS) is 10.5. The Kier molecular flexibility index (Phi) is 5.59. The van der Waals surface area contributed by atoms with Crippen molar-refractivity contribution in [2.24, 2.45) is 7.05 Å². The highest BCUT2D eigenvalue weighted by molar-refractivity contribution is 5.90. The molecule has 132 valence electrons. The maximum Gasteiger partial charge on any atom is 0.266 e. The van der Waals surface area contributed by atoms with Crippen molar-refractivity contribution in [3.63, 3.8) is 0 Å². The van der Waals surface area contributed by atoms with E-state index in [-0.39, 0.29) is 11.5 Å². The molecule has 0 radical (unpaired) electrons. The Balaban J connectivity index is 1.54. The molecule has 0 spiro atoms. The van der Waals surface area contributed by atoms with Gasteiger partial charge in [0.1, 0.15) is 0 Å². The third kappa shape index (κ3) is 4.66. The monoisotopic (exact) mass is 347 g/mol. The fourth-order valence-corrected chi connectivity index (χ4v) is 2.70. The van der Waals surface area contributed by atoms with E-state index in [1.54, 1.807) is 13.1 Å². The fourth-order valence-electron chi connectivity index (χ4n) is 2.70. The van der Waals surface area contributed by atoms with Gasteiger partial charge in [-0.1, -0.05) is 42.5 Å². The third-order valence-electron chi connectivity index (χ3n) is 4.14. The number of amides is 1. The summed E-state index contributed by atoms with van der Waals surface area (Å²) in [6.07, 6.45) is 2.19. The van der Waals surface area contributed by atoms with Crippen LogP contribution in [0.2, 0.25) is 0 Å². The van der Waals surface area contributed by atoms with Crippen LogP contribution >= 0.6 is 0 Å². The van der Waals surface area contributed by atoms with Gasteiger partial charge in [-0.05, 0) is 36.6 Å². The third-order valence-corrected chi connectivity index (χ3v) is 4.14. The molecule has 0 saturated heterocycles. The SMILES string of the molecule is Cn1nc(-c2ccc(NC(=O)CCCc3ccccc3)cc2)ccc1=O. The summed E-state index contributed by atoms with van der Waals surface area (Å²) in [5.41, 5.74) is 3.46. The Labute approximate surface area is 152 Å². The van der Waals surface area contributed by atoms with E-state index in [4.69, 9.17) is 0 Å². The molecule has 1 aromatic heterocycles. The van der Waals surface area contributed by atoms with Gasteiger partial charge < -0.3 is 5.32 Å². The van der Waals surface area contributed by atoms with Crippen LogP contribution in [0.15, 0.2) is 71.5 Å². The number of carbonyl (C=O) groups excluding carboxylic acids is 1. The van der Waals surface area contributed by atoms with Crippen LogP contribution in [-0.2, 0) is 18.3 Å². The van der Waals surface area contributed by atoms with E-state index in [0.29, 0.717) is 12.1 Å². The van der Waals surface area contributed by atoms with E-state index < -0.39 is 0 Å². The maximum atomic E-state index is 12.1. The minimum atomic E-state index is -0.145. The quantitative estimate of drug-likeness (QED) is 0.743. The second kappa shape index (κ2) is 8.25. The lowest BCUT2D eigenvalue weighted by molar-refractivity contribution is -0.116. The van der Waals surface area contributed by atoms with Crippen molar-refractivity contribution in [2.45, 2.75) is 19.3 Å². The molecule has 0 saturated carbocycles. The highest BCUT2D eigenvalue weighted by Crippen LogP contribution is 2.18. The second-order valence-corrected chi connectivity index (χ2v) is 6.15. The molecule has 0 bridgehead atoms. The summed E-state index contributed by atoms with van der Waals surface area (Å²) < 4.78 is 1.30. The van der Waals surface area contributed by atoms with Crippen LogP contribution in [0.5, 0.6) is 0 Å². The first-order valence-electron chi connectivity index (χ1n) is 8.60. The van der Waals surface area contributed by atoms with Crippen molar-refractivity contribution in [1.82, 2.24) is 9.78 Å². The van der Waals surface area contributed by atoms with Gasteiger partial charge in [0.25, 0.3) is 5.56 Å². The number of nitrogens with one attached hydrogen (secondary N) is 1. The van der Waals surface area contributed by atoms with E-state index in [1.807, 2.05) is 42.5 Å². The van der Waals surface area contributed by atoms with Gasteiger partial charge in [-0.3, -0.25) is 9.59 Å². The molecule has 26 heavy (non-hydrogen) atoms. The predicted octanol–water partition coefficient (Wildman–Crippen LogP) is 3.41. The number of rotatable bonds is 6. The van der Waals surface area contributed by atoms with E-state index in [2.05, 4.69) is 22.5 Å². The number of anilines is 1. The zero-order chi connectivity index (χ0) is 18.4. The van der Waals surface area contributed by atoms with Crippen LogP contribution in [0.3, 0.4) is 0 Å². The van der Waals surface area contributed by atoms with E-state index in [1.165, 1.54) is 16.3 Å². The van der Waals surface area contributed by atoms with Gasteiger partial charge in [-0.2, -0.15) is 5.10 Å². The molecule has 0 aliphatic carbocycles. The maximum absolute atomic E-state index is 12.1. The van der Waals surface area contributed by atoms with Crippen LogP contribution in [-0.4, -0.2) is 15.7 Å². The zero-order valence-electron chi connectivity index (χ0n) is 14.7. The first-order chi connectivity index (χ1) is 12.6. The Hall–Kier alpha value is -3.21. The number of aryl methyl sites for hydroxylation is 2. The van der Waals surface area contributed by atoms with Crippen molar-refractivity contribution in [1.29, 1.82) is 0 Å². The molecule has 5 nitrogen and oxygen atoms in total. The lowest BCUT2D eigenvalue weighted by atomic mass is 10.1. The lowest BCUT2D eigenvalue weighted by Crippen LogP contribution is -2.18. The van der Waals surface area contributed by atoms with Gasteiger partial charge in [-0.15, -0.1) is 0 Å². The Morgan fingerprint density at radius 3 is 2.42 bits per heavy atom. The van der Waals surface area contributed by atoms with Gasteiger partial charge >= 0.3 is 0 Å². The molecule has 3 aromatic rings. The van der Waals surface area contributed by atoms with Crippen LogP contribution in [0.1, 0.15) is 18.4 Å². The predicted molar refractivity (Wildman–Crippen MR) is 103 cm³/mol. The van der Waals surface area contributed by atoms with E-state index >= 15 is 0 Å². The van der Waals surface area contributed by atoms with Crippen molar-refractivity contribution >= 4 is 11.6 Å². The molecule has 1 amide bonds. The van der Waals surface area contributed by atoms with Gasteiger partial charge in [0.05, 0.1) is 5.69 Å². The number of hydrogen-bond donors (Lipinski definition) is 1. The highest BCUT2D eigenvalue weighted by Gasteiger charge is 2.05. The lowest BCUT2D eigenvalue weighted by Gasteiger charge is -2.07. The molecule has 0 fully saturated rings. The molecule has 1 N–H and O–H groups in total. The topological polar surface area (TPSA) is 64.0 Å².